The lowest BCUT2D eigenvalue weighted by atomic mass is 10.1. The number of nitrogens with two attached hydrogens (primary N) is 1. The van der Waals surface area contributed by atoms with Gasteiger partial charge in [0, 0.05) is 23.5 Å². The molecule has 0 unspecified atom stereocenters. The topological polar surface area (TPSA) is 106 Å². The number of rotatable bonds is 5. The van der Waals surface area contributed by atoms with Gasteiger partial charge in [-0.25, -0.2) is 9.59 Å². The van der Waals surface area contributed by atoms with Crippen LogP contribution in [-0.4, -0.2) is 50.3 Å². The number of ether oxygens (including phenoxy) is 2. The van der Waals surface area contributed by atoms with Crippen LogP contribution >= 0.6 is 11.3 Å². The van der Waals surface area contributed by atoms with E-state index in [9.17, 15) is 9.59 Å². The Morgan fingerprint density at radius 1 is 1.24 bits per heavy atom. The number of hydrogen-bond acceptors (Lipinski definition) is 6. The minimum atomic E-state index is -0.719. The molecule has 4 N–H and O–H groups in total. The molecule has 29 heavy (non-hydrogen) atoms. The number of thiophene rings is 1. The molecule has 1 aromatic heterocycles. The van der Waals surface area contributed by atoms with E-state index in [0.717, 1.165) is 48.5 Å². The average Bonchev–Trinajstić information content (AvgIpc) is 2.94. The Morgan fingerprint density at radius 3 is 2.69 bits per heavy atom. The molecule has 1 fully saturated rings. The highest BCUT2D eigenvalue weighted by atomic mass is 32.1. The molecule has 1 saturated heterocycles. The molecule has 0 bridgehead atoms. The van der Waals surface area contributed by atoms with Crippen LogP contribution in [0.25, 0.3) is 10.4 Å². The van der Waals surface area contributed by atoms with Crippen molar-refractivity contribution in [3.05, 3.63) is 30.3 Å². The van der Waals surface area contributed by atoms with Crippen molar-refractivity contribution in [3.8, 4) is 21.9 Å². The molecule has 0 aliphatic carbocycles. The fourth-order valence-corrected chi connectivity index (χ4v) is 4.28. The number of likely N-dealkylation sites (N-methyl/N-ethyl adjacent to an activating group) is 1. The molecule has 2 aromatic rings. The van der Waals surface area contributed by atoms with E-state index in [0.29, 0.717) is 5.00 Å². The molecule has 1 atom stereocenters. The lowest BCUT2D eigenvalue weighted by Crippen LogP contribution is -2.42. The van der Waals surface area contributed by atoms with Crippen molar-refractivity contribution < 1.29 is 19.1 Å². The van der Waals surface area contributed by atoms with Gasteiger partial charge in [-0.1, -0.05) is 6.42 Å². The molecule has 1 aliphatic heterocycles. The van der Waals surface area contributed by atoms with Gasteiger partial charge in [0.15, 0.2) is 5.75 Å². The van der Waals surface area contributed by atoms with E-state index in [1.165, 1.54) is 11.3 Å². The monoisotopic (exact) mass is 418 g/mol. The first-order valence-corrected chi connectivity index (χ1v) is 10.3. The number of methoxy groups -OCH3 is 1. The third-order valence-corrected chi connectivity index (χ3v) is 5.79. The second kappa shape index (κ2) is 9.62. The molecular formula is C20H26N4O4S. The second-order valence-electron chi connectivity index (χ2n) is 7.01. The van der Waals surface area contributed by atoms with E-state index >= 15 is 0 Å². The predicted octanol–water partition coefficient (Wildman–Crippen LogP) is 3.49. The standard InChI is InChI=1S/C20H26N4O4S/c1-24-10-4-3-5-14(12-24)22-20(26)28-16-11-17(29-18(16)23-19(21)25)13-6-8-15(27-2)9-7-13/h6-9,11,14H,3-5,10,12H2,1-2H3,(H,22,26)(H3,21,23,25)/t14-/m0/s1. The van der Waals surface area contributed by atoms with E-state index in [4.69, 9.17) is 15.2 Å². The van der Waals surface area contributed by atoms with Crippen molar-refractivity contribution in [1.29, 1.82) is 0 Å². The van der Waals surface area contributed by atoms with E-state index in [1.807, 2.05) is 31.3 Å². The van der Waals surface area contributed by atoms with Crippen LogP contribution in [-0.2, 0) is 0 Å². The molecule has 8 nitrogen and oxygen atoms in total. The number of carbonyl (C=O) groups excluding carboxylic acids is 2. The van der Waals surface area contributed by atoms with Crippen molar-refractivity contribution in [1.82, 2.24) is 10.2 Å². The van der Waals surface area contributed by atoms with E-state index in [-0.39, 0.29) is 11.8 Å². The van der Waals surface area contributed by atoms with Crippen LogP contribution in [0.1, 0.15) is 19.3 Å². The first-order chi connectivity index (χ1) is 13.9. The second-order valence-corrected chi connectivity index (χ2v) is 8.06. The summed E-state index contributed by atoms with van der Waals surface area (Å²) in [6, 6.07) is 8.49. The van der Waals surface area contributed by atoms with Gasteiger partial charge in [-0.05, 0) is 56.3 Å². The number of nitrogens with zero attached hydrogens (tertiary/aromatic N) is 1. The van der Waals surface area contributed by atoms with Gasteiger partial charge in [-0.2, -0.15) is 0 Å². The zero-order valence-corrected chi connectivity index (χ0v) is 17.4. The van der Waals surface area contributed by atoms with Crippen LogP contribution in [0.15, 0.2) is 30.3 Å². The number of hydrogen-bond donors (Lipinski definition) is 3. The summed E-state index contributed by atoms with van der Waals surface area (Å²) in [6.07, 6.45) is 2.54. The Labute approximate surface area is 174 Å². The summed E-state index contributed by atoms with van der Waals surface area (Å²) >= 11 is 1.28. The van der Waals surface area contributed by atoms with Gasteiger partial charge in [0.25, 0.3) is 0 Å². The normalized spacial score (nSPS) is 17.2. The fourth-order valence-electron chi connectivity index (χ4n) is 3.29. The Kier molecular flexibility index (Phi) is 6.95. The van der Waals surface area contributed by atoms with Gasteiger partial charge < -0.3 is 25.4 Å². The number of primary amides is 1. The van der Waals surface area contributed by atoms with Gasteiger partial charge >= 0.3 is 12.1 Å². The summed E-state index contributed by atoms with van der Waals surface area (Å²) in [5.74, 6) is 1.00. The largest absolute Gasteiger partial charge is 0.497 e. The zero-order valence-electron chi connectivity index (χ0n) is 16.6. The summed E-state index contributed by atoms with van der Waals surface area (Å²) in [7, 11) is 3.64. The fraction of sp³-hybridized carbons (Fsp3) is 0.400. The zero-order chi connectivity index (χ0) is 20.8. The van der Waals surface area contributed by atoms with Crippen molar-refractivity contribution in [3.63, 3.8) is 0 Å². The number of benzene rings is 1. The Hall–Kier alpha value is -2.78. The van der Waals surface area contributed by atoms with Gasteiger partial charge in [0.05, 0.1) is 7.11 Å². The summed E-state index contributed by atoms with van der Waals surface area (Å²) in [5, 5.41) is 5.84. The van der Waals surface area contributed by atoms with Crippen LogP contribution in [0.3, 0.4) is 0 Å². The molecule has 0 radical (unpaired) electrons. The van der Waals surface area contributed by atoms with E-state index in [1.54, 1.807) is 13.2 Å². The van der Waals surface area contributed by atoms with Gasteiger partial charge in [-0.3, -0.25) is 5.32 Å². The number of amides is 3. The number of anilines is 1. The van der Waals surface area contributed by atoms with Crippen LogP contribution in [0.5, 0.6) is 11.5 Å². The molecule has 3 rings (SSSR count). The molecule has 1 aliphatic rings. The summed E-state index contributed by atoms with van der Waals surface area (Å²) in [4.78, 5) is 26.9. The molecule has 1 aromatic carbocycles. The van der Waals surface area contributed by atoms with Crippen molar-refractivity contribution in [2.24, 2.45) is 5.73 Å². The van der Waals surface area contributed by atoms with Crippen molar-refractivity contribution >= 4 is 28.5 Å². The van der Waals surface area contributed by atoms with E-state index in [2.05, 4.69) is 15.5 Å². The van der Waals surface area contributed by atoms with Gasteiger partial charge in [0.1, 0.15) is 10.8 Å². The number of nitrogens with one attached hydrogen (secondary N) is 2. The molecule has 3 amide bonds. The maximum Gasteiger partial charge on any atom is 0.412 e. The minimum absolute atomic E-state index is 0.0299. The van der Waals surface area contributed by atoms with Crippen molar-refractivity contribution in [2.75, 3.05) is 32.6 Å². The minimum Gasteiger partial charge on any atom is -0.497 e. The Morgan fingerprint density at radius 2 is 2.00 bits per heavy atom. The van der Waals surface area contributed by atoms with Gasteiger partial charge in [0.2, 0.25) is 0 Å². The molecule has 0 saturated carbocycles. The van der Waals surface area contributed by atoms with Crippen molar-refractivity contribution in [2.45, 2.75) is 25.3 Å². The highest BCUT2D eigenvalue weighted by Crippen LogP contribution is 2.41. The highest BCUT2D eigenvalue weighted by Gasteiger charge is 2.21. The van der Waals surface area contributed by atoms with Crippen LogP contribution in [0.2, 0.25) is 0 Å². The Balaban J connectivity index is 1.74. The van der Waals surface area contributed by atoms with Crippen LogP contribution < -0.4 is 25.8 Å². The summed E-state index contributed by atoms with van der Waals surface area (Å²) in [6.45, 7) is 1.80. The first-order valence-electron chi connectivity index (χ1n) is 9.46. The molecular weight excluding hydrogens is 392 g/mol. The van der Waals surface area contributed by atoms with E-state index < -0.39 is 12.1 Å². The van der Waals surface area contributed by atoms with Crippen LogP contribution in [0.4, 0.5) is 14.6 Å². The summed E-state index contributed by atoms with van der Waals surface area (Å²) < 4.78 is 10.7. The first kappa shape index (κ1) is 20.9. The average molecular weight is 419 g/mol. The van der Waals surface area contributed by atoms with Crippen LogP contribution in [0, 0.1) is 0 Å². The lowest BCUT2D eigenvalue weighted by Gasteiger charge is -2.20. The third-order valence-electron chi connectivity index (χ3n) is 4.71. The molecule has 9 heteroatoms. The Bertz CT molecular complexity index is 853. The molecule has 0 spiro atoms. The maximum atomic E-state index is 12.5. The number of likely N-dealkylation sites (tertiary alicyclic amines) is 1. The lowest BCUT2D eigenvalue weighted by molar-refractivity contribution is 0.192. The number of carbonyl (C=O) groups is 2. The smallest absolute Gasteiger partial charge is 0.412 e. The number of urea groups is 1. The SMILES string of the molecule is COc1ccc(-c2cc(OC(=O)N[C@H]3CCCCN(C)C3)c(NC(N)=O)s2)cc1. The molecule has 156 valence electrons. The highest BCUT2D eigenvalue weighted by molar-refractivity contribution is 7.20. The maximum absolute atomic E-state index is 12.5. The third kappa shape index (κ3) is 5.85. The summed E-state index contributed by atoms with van der Waals surface area (Å²) in [5.41, 5.74) is 6.18. The van der Waals surface area contributed by atoms with Gasteiger partial charge in [-0.15, -0.1) is 11.3 Å². The predicted molar refractivity (Wildman–Crippen MR) is 114 cm³/mol. The quantitative estimate of drug-likeness (QED) is 0.689. The molecule has 2 heterocycles.